The van der Waals surface area contributed by atoms with Gasteiger partial charge in [-0.25, -0.2) is 0 Å². The first-order valence-electron chi connectivity index (χ1n) is 4.72. The lowest BCUT2D eigenvalue weighted by Crippen LogP contribution is -2.55. The number of esters is 1. The second-order valence-electron chi connectivity index (χ2n) is 3.52. The summed E-state index contributed by atoms with van der Waals surface area (Å²) >= 11 is 0. The summed E-state index contributed by atoms with van der Waals surface area (Å²) in [6, 6.07) is -0.267. The number of nitrogens with zero attached hydrogens (tertiary/aromatic N) is 1. The molecule has 1 rings (SSSR count). The van der Waals surface area contributed by atoms with E-state index in [0.29, 0.717) is 6.54 Å². The highest BCUT2D eigenvalue weighted by Crippen LogP contribution is 2.17. The SMILES string of the molecule is CC(=O)OC1C(N)CCCN1C(C)=O. The largest absolute Gasteiger partial charge is 0.440 e. The molecule has 1 saturated heterocycles. The van der Waals surface area contributed by atoms with Crippen molar-refractivity contribution >= 4 is 11.9 Å². The summed E-state index contributed by atoms with van der Waals surface area (Å²) in [6.07, 6.45) is 1.05. The molecule has 1 fully saturated rings. The van der Waals surface area contributed by atoms with Gasteiger partial charge in [0, 0.05) is 20.4 Å². The van der Waals surface area contributed by atoms with Crippen LogP contribution in [0.4, 0.5) is 0 Å². The van der Waals surface area contributed by atoms with Crippen molar-refractivity contribution in [3.8, 4) is 0 Å². The Morgan fingerprint density at radius 1 is 1.43 bits per heavy atom. The zero-order valence-corrected chi connectivity index (χ0v) is 8.53. The number of ether oxygens (including phenoxy) is 1. The molecule has 0 aromatic heterocycles. The third-order valence-corrected chi connectivity index (χ3v) is 2.30. The molecule has 0 aromatic rings. The molecule has 14 heavy (non-hydrogen) atoms. The molecule has 2 N–H and O–H groups in total. The summed E-state index contributed by atoms with van der Waals surface area (Å²) in [5, 5.41) is 0. The summed E-state index contributed by atoms with van der Waals surface area (Å²) in [5.41, 5.74) is 5.78. The molecule has 0 bridgehead atoms. The fourth-order valence-corrected chi connectivity index (χ4v) is 1.66. The van der Waals surface area contributed by atoms with Crippen LogP contribution >= 0.6 is 0 Å². The highest BCUT2D eigenvalue weighted by atomic mass is 16.6. The van der Waals surface area contributed by atoms with E-state index in [9.17, 15) is 9.59 Å². The van der Waals surface area contributed by atoms with Crippen LogP contribution in [0.2, 0.25) is 0 Å². The number of rotatable bonds is 1. The van der Waals surface area contributed by atoms with Crippen LogP contribution in [0.5, 0.6) is 0 Å². The minimum atomic E-state index is -0.584. The average Bonchev–Trinajstić information content (AvgIpc) is 2.07. The van der Waals surface area contributed by atoms with Crippen LogP contribution < -0.4 is 5.73 Å². The molecule has 2 unspecified atom stereocenters. The van der Waals surface area contributed by atoms with Gasteiger partial charge >= 0.3 is 5.97 Å². The molecule has 1 aliphatic rings. The average molecular weight is 200 g/mol. The Kier molecular flexibility index (Phi) is 3.46. The molecule has 80 valence electrons. The number of carbonyl (C=O) groups excluding carboxylic acids is 2. The van der Waals surface area contributed by atoms with Gasteiger partial charge in [-0.1, -0.05) is 0 Å². The van der Waals surface area contributed by atoms with Gasteiger partial charge in [0.25, 0.3) is 0 Å². The van der Waals surface area contributed by atoms with Gasteiger partial charge in [0.15, 0.2) is 6.23 Å². The van der Waals surface area contributed by atoms with E-state index in [4.69, 9.17) is 10.5 Å². The lowest BCUT2D eigenvalue weighted by molar-refractivity contribution is -0.167. The Labute approximate surface area is 83.2 Å². The Morgan fingerprint density at radius 2 is 2.07 bits per heavy atom. The number of piperidine rings is 1. The lowest BCUT2D eigenvalue weighted by atomic mass is 10.0. The van der Waals surface area contributed by atoms with Crippen molar-refractivity contribution < 1.29 is 14.3 Å². The monoisotopic (exact) mass is 200 g/mol. The molecule has 5 nitrogen and oxygen atoms in total. The van der Waals surface area contributed by atoms with Crippen molar-refractivity contribution in [2.45, 2.75) is 39.0 Å². The predicted octanol–water partition coefficient (Wildman–Crippen LogP) is -0.155. The number of hydrogen-bond acceptors (Lipinski definition) is 4. The zero-order chi connectivity index (χ0) is 10.7. The topological polar surface area (TPSA) is 72.6 Å². The van der Waals surface area contributed by atoms with E-state index < -0.39 is 12.2 Å². The van der Waals surface area contributed by atoms with Gasteiger partial charge in [-0.15, -0.1) is 0 Å². The molecule has 0 saturated carbocycles. The van der Waals surface area contributed by atoms with E-state index in [1.54, 1.807) is 0 Å². The van der Waals surface area contributed by atoms with Gasteiger partial charge in [-0.05, 0) is 12.8 Å². The fourth-order valence-electron chi connectivity index (χ4n) is 1.66. The van der Waals surface area contributed by atoms with Crippen LogP contribution in [0.1, 0.15) is 26.7 Å². The van der Waals surface area contributed by atoms with Crippen LogP contribution in [-0.2, 0) is 14.3 Å². The molecule has 1 amide bonds. The summed E-state index contributed by atoms with van der Waals surface area (Å²) in [5.74, 6) is -0.509. The van der Waals surface area contributed by atoms with Crippen LogP contribution in [-0.4, -0.2) is 35.6 Å². The van der Waals surface area contributed by atoms with Crippen molar-refractivity contribution in [1.29, 1.82) is 0 Å². The molecule has 0 spiro atoms. The number of amides is 1. The highest BCUT2D eigenvalue weighted by molar-refractivity contribution is 5.74. The van der Waals surface area contributed by atoms with Crippen molar-refractivity contribution in [1.82, 2.24) is 4.90 Å². The molecular weight excluding hydrogens is 184 g/mol. The third-order valence-electron chi connectivity index (χ3n) is 2.30. The fraction of sp³-hybridized carbons (Fsp3) is 0.778. The Morgan fingerprint density at radius 3 is 2.57 bits per heavy atom. The Bertz CT molecular complexity index is 242. The smallest absolute Gasteiger partial charge is 0.304 e. The van der Waals surface area contributed by atoms with E-state index >= 15 is 0 Å². The van der Waals surface area contributed by atoms with Gasteiger partial charge in [0.2, 0.25) is 5.91 Å². The van der Waals surface area contributed by atoms with Crippen molar-refractivity contribution in [3.05, 3.63) is 0 Å². The predicted molar refractivity (Wildman–Crippen MR) is 50.2 cm³/mol. The van der Waals surface area contributed by atoms with Crippen LogP contribution in [0, 0.1) is 0 Å². The molecule has 2 atom stereocenters. The first-order chi connectivity index (χ1) is 6.52. The summed E-state index contributed by atoms with van der Waals surface area (Å²) < 4.78 is 5.02. The molecule has 0 aliphatic carbocycles. The molecule has 0 aromatic carbocycles. The van der Waals surface area contributed by atoms with Gasteiger partial charge in [0.1, 0.15) is 0 Å². The maximum absolute atomic E-state index is 11.2. The van der Waals surface area contributed by atoms with E-state index in [0.717, 1.165) is 12.8 Å². The van der Waals surface area contributed by atoms with Crippen molar-refractivity contribution in [2.75, 3.05) is 6.54 Å². The van der Waals surface area contributed by atoms with Gasteiger partial charge in [0.05, 0.1) is 6.04 Å². The zero-order valence-electron chi connectivity index (χ0n) is 8.53. The molecule has 0 radical (unpaired) electrons. The number of carbonyl (C=O) groups is 2. The number of nitrogens with two attached hydrogens (primary N) is 1. The maximum atomic E-state index is 11.2. The number of likely N-dealkylation sites (tertiary alicyclic amines) is 1. The third kappa shape index (κ3) is 2.45. The Hall–Kier alpha value is -1.10. The normalized spacial score (nSPS) is 27.2. The minimum Gasteiger partial charge on any atom is -0.440 e. The second-order valence-corrected chi connectivity index (χ2v) is 3.52. The number of hydrogen-bond donors (Lipinski definition) is 1. The summed E-state index contributed by atoms with van der Waals surface area (Å²) in [6.45, 7) is 3.38. The van der Waals surface area contributed by atoms with Crippen molar-refractivity contribution in [2.24, 2.45) is 5.73 Å². The highest BCUT2D eigenvalue weighted by Gasteiger charge is 2.32. The van der Waals surface area contributed by atoms with Crippen LogP contribution in [0.3, 0.4) is 0 Å². The molecular formula is C9H16N2O3. The molecule has 5 heteroatoms. The van der Waals surface area contributed by atoms with Gasteiger partial charge in [-0.2, -0.15) is 0 Å². The van der Waals surface area contributed by atoms with E-state index in [1.165, 1.54) is 18.7 Å². The second kappa shape index (κ2) is 4.41. The first kappa shape index (κ1) is 11.0. The standard InChI is InChI=1S/C9H16N2O3/c1-6(12)11-5-3-4-8(10)9(11)14-7(2)13/h8-9H,3-5,10H2,1-2H3. The molecule has 1 heterocycles. The van der Waals surface area contributed by atoms with E-state index in [1.807, 2.05) is 0 Å². The molecule has 1 aliphatic heterocycles. The minimum absolute atomic E-state index is 0.105. The van der Waals surface area contributed by atoms with E-state index in [-0.39, 0.29) is 11.9 Å². The van der Waals surface area contributed by atoms with Crippen molar-refractivity contribution in [3.63, 3.8) is 0 Å². The lowest BCUT2D eigenvalue weighted by Gasteiger charge is -2.37. The van der Waals surface area contributed by atoms with E-state index in [2.05, 4.69) is 0 Å². The quantitative estimate of drug-likeness (QED) is 0.597. The maximum Gasteiger partial charge on any atom is 0.304 e. The van der Waals surface area contributed by atoms with Crippen LogP contribution in [0.15, 0.2) is 0 Å². The summed E-state index contributed by atoms with van der Waals surface area (Å²) in [4.78, 5) is 23.5. The first-order valence-corrected chi connectivity index (χ1v) is 4.72. The van der Waals surface area contributed by atoms with Gasteiger partial charge in [-0.3, -0.25) is 9.59 Å². The van der Waals surface area contributed by atoms with Gasteiger partial charge < -0.3 is 15.4 Å². The summed E-state index contributed by atoms with van der Waals surface area (Å²) in [7, 11) is 0. The Balaban J connectivity index is 2.70. The van der Waals surface area contributed by atoms with Crippen LogP contribution in [0.25, 0.3) is 0 Å².